The maximum atomic E-state index is 10.8. The number of hydrogen-bond acceptors (Lipinski definition) is 4. The van der Waals surface area contributed by atoms with Gasteiger partial charge in [0.15, 0.2) is 0 Å². The molecule has 0 atom stereocenters. The smallest absolute Gasteiger partial charge is 0.274 e. The lowest BCUT2D eigenvalue weighted by Crippen LogP contribution is -1.92. The molecule has 0 saturated carbocycles. The third-order valence-electron chi connectivity index (χ3n) is 2.61. The van der Waals surface area contributed by atoms with Crippen molar-refractivity contribution in [3.05, 3.63) is 62.1 Å². The summed E-state index contributed by atoms with van der Waals surface area (Å²) in [5.74, 6) is 0.647. The van der Waals surface area contributed by atoms with Crippen LogP contribution in [0.15, 0.2) is 40.9 Å². The van der Waals surface area contributed by atoms with Gasteiger partial charge in [0.1, 0.15) is 17.6 Å². The maximum Gasteiger partial charge on any atom is 0.274 e. The molecule has 0 N–H and O–H groups in total. The van der Waals surface area contributed by atoms with E-state index >= 15 is 0 Å². The van der Waals surface area contributed by atoms with E-state index in [0.29, 0.717) is 26.9 Å². The van der Waals surface area contributed by atoms with E-state index in [1.807, 2.05) is 6.07 Å². The van der Waals surface area contributed by atoms with Gasteiger partial charge in [-0.05, 0) is 23.8 Å². The molecule has 0 amide bonds. The van der Waals surface area contributed by atoms with Crippen LogP contribution in [-0.4, -0.2) is 4.92 Å². The van der Waals surface area contributed by atoms with Gasteiger partial charge in [-0.2, -0.15) is 5.26 Å². The number of nitro benzene ring substituents is 1. The molecule has 0 aliphatic heterocycles. The van der Waals surface area contributed by atoms with Crippen LogP contribution in [0.4, 0.5) is 5.69 Å². The second kappa shape index (κ2) is 6.70. The highest BCUT2D eigenvalue weighted by Gasteiger charge is 2.12. The van der Waals surface area contributed by atoms with E-state index in [-0.39, 0.29) is 5.69 Å². The zero-order valence-corrected chi connectivity index (χ0v) is 13.7. The summed E-state index contributed by atoms with van der Waals surface area (Å²) in [7, 11) is 0. The van der Waals surface area contributed by atoms with Gasteiger partial charge in [0.05, 0.1) is 16.6 Å². The Morgan fingerprint density at radius 2 is 2.05 bits per heavy atom. The van der Waals surface area contributed by atoms with Gasteiger partial charge in [-0.1, -0.05) is 37.9 Å². The summed E-state index contributed by atoms with van der Waals surface area (Å²) in [6.45, 7) is 0. The van der Waals surface area contributed by atoms with Gasteiger partial charge in [0.25, 0.3) is 5.69 Å². The van der Waals surface area contributed by atoms with Gasteiger partial charge >= 0.3 is 0 Å². The summed E-state index contributed by atoms with van der Waals surface area (Å²) >= 11 is 6.51. The monoisotopic (exact) mass is 410 g/mol. The van der Waals surface area contributed by atoms with E-state index in [9.17, 15) is 10.1 Å². The number of non-ortho nitro benzene ring substituents is 1. The number of rotatable bonds is 4. The zero-order valence-electron chi connectivity index (χ0n) is 10.5. The predicted molar refractivity (Wildman–Crippen MR) is 84.7 cm³/mol. The molecule has 0 spiro atoms. The molecule has 0 heterocycles. The second-order valence-corrected chi connectivity index (χ2v) is 5.56. The molecular formula is C14H8Br2N2O3. The highest BCUT2D eigenvalue weighted by atomic mass is 79.9. The molecule has 7 heteroatoms. The minimum Gasteiger partial charge on any atom is -0.456 e. The first kappa shape index (κ1) is 15.5. The summed E-state index contributed by atoms with van der Waals surface area (Å²) in [6, 6.07) is 11.5. The molecule has 0 saturated heterocycles. The second-order valence-electron chi connectivity index (χ2n) is 4.08. The Balaban J connectivity index is 2.38. The van der Waals surface area contributed by atoms with Crippen LogP contribution in [0.3, 0.4) is 0 Å². The number of ether oxygens (including phenoxy) is 1. The molecule has 2 aromatic rings. The first-order valence-corrected chi connectivity index (χ1v) is 7.66. The summed E-state index contributed by atoms with van der Waals surface area (Å²) in [6.07, 6.45) is 0. The molecule has 0 bridgehead atoms. The van der Waals surface area contributed by atoms with Crippen LogP contribution in [0.1, 0.15) is 11.1 Å². The Kier molecular flexibility index (Phi) is 4.94. The van der Waals surface area contributed by atoms with Crippen LogP contribution in [0.25, 0.3) is 0 Å². The Labute approximate surface area is 137 Å². The van der Waals surface area contributed by atoms with Crippen molar-refractivity contribution in [3.8, 4) is 17.6 Å². The highest BCUT2D eigenvalue weighted by molar-refractivity contribution is 9.10. The molecule has 0 aliphatic carbocycles. The molecule has 2 aromatic carbocycles. The van der Waals surface area contributed by atoms with E-state index in [1.54, 1.807) is 18.2 Å². The van der Waals surface area contributed by atoms with Crippen molar-refractivity contribution < 1.29 is 9.66 Å². The molecular weight excluding hydrogens is 404 g/mol. The van der Waals surface area contributed by atoms with Crippen LogP contribution >= 0.6 is 31.9 Å². The number of halogens is 2. The summed E-state index contributed by atoms with van der Waals surface area (Å²) in [5.41, 5.74) is 1.23. The van der Waals surface area contributed by atoms with Gasteiger partial charge in [0, 0.05) is 15.9 Å². The van der Waals surface area contributed by atoms with Crippen molar-refractivity contribution in [1.82, 2.24) is 0 Å². The number of nitrogens with zero attached hydrogens (tertiary/aromatic N) is 2. The van der Waals surface area contributed by atoms with Crippen molar-refractivity contribution in [2.75, 3.05) is 0 Å². The predicted octanol–water partition coefficient (Wildman–Crippen LogP) is 4.92. The average Bonchev–Trinajstić information content (AvgIpc) is 2.47. The fraction of sp³-hybridized carbons (Fsp3) is 0.0714. The number of alkyl halides is 1. The van der Waals surface area contributed by atoms with Crippen LogP contribution < -0.4 is 4.74 Å². The lowest BCUT2D eigenvalue weighted by Gasteiger charge is -2.09. The Morgan fingerprint density at radius 1 is 1.29 bits per heavy atom. The first-order chi connectivity index (χ1) is 10.0. The normalized spacial score (nSPS) is 9.95. The topological polar surface area (TPSA) is 76.2 Å². The van der Waals surface area contributed by atoms with Crippen molar-refractivity contribution in [2.45, 2.75) is 5.33 Å². The van der Waals surface area contributed by atoms with E-state index in [1.165, 1.54) is 12.1 Å². The summed E-state index contributed by atoms with van der Waals surface area (Å²) in [5, 5.41) is 20.6. The van der Waals surface area contributed by atoms with Crippen molar-refractivity contribution in [2.24, 2.45) is 0 Å². The SMILES string of the molecule is N#Cc1cc(CBr)ccc1Oc1cc(Br)cc([N+](=O)[O-])c1. The van der Waals surface area contributed by atoms with E-state index in [2.05, 4.69) is 37.9 Å². The third kappa shape index (κ3) is 3.80. The number of hydrogen-bond donors (Lipinski definition) is 0. The Hall–Kier alpha value is -1.91. The highest BCUT2D eigenvalue weighted by Crippen LogP contribution is 2.31. The van der Waals surface area contributed by atoms with Crippen LogP contribution in [-0.2, 0) is 5.33 Å². The van der Waals surface area contributed by atoms with Crippen molar-refractivity contribution >= 4 is 37.5 Å². The Morgan fingerprint density at radius 3 is 2.67 bits per heavy atom. The van der Waals surface area contributed by atoms with Crippen LogP contribution in [0.5, 0.6) is 11.5 Å². The summed E-state index contributed by atoms with van der Waals surface area (Å²) < 4.78 is 6.13. The largest absolute Gasteiger partial charge is 0.456 e. The van der Waals surface area contributed by atoms with E-state index < -0.39 is 4.92 Å². The lowest BCUT2D eigenvalue weighted by molar-refractivity contribution is -0.385. The fourth-order valence-corrected chi connectivity index (χ4v) is 2.48. The van der Waals surface area contributed by atoms with Gasteiger partial charge in [-0.25, -0.2) is 0 Å². The third-order valence-corrected chi connectivity index (χ3v) is 3.72. The summed E-state index contributed by atoms with van der Waals surface area (Å²) in [4.78, 5) is 10.3. The minimum absolute atomic E-state index is 0.0880. The number of nitriles is 1. The molecule has 0 aliphatic rings. The zero-order chi connectivity index (χ0) is 15.4. The maximum absolute atomic E-state index is 10.8. The van der Waals surface area contributed by atoms with Crippen molar-refractivity contribution in [3.63, 3.8) is 0 Å². The van der Waals surface area contributed by atoms with Crippen LogP contribution in [0, 0.1) is 21.4 Å². The molecule has 106 valence electrons. The molecule has 2 rings (SSSR count). The standard InChI is InChI=1S/C14H8Br2N2O3/c15-7-9-1-2-14(10(3-9)8-17)21-13-5-11(16)4-12(6-13)18(19)20/h1-6H,7H2. The number of nitro groups is 1. The quantitative estimate of drug-likeness (QED) is 0.406. The van der Waals surface area contributed by atoms with Crippen LogP contribution in [0.2, 0.25) is 0 Å². The fourth-order valence-electron chi connectivity index (χ4n) is 1.68. The van der Waals surface area contributed by atoms with Gasteiger partial charge < -0.3 is 4.74 Å². The van der Waals surface area contributed by atoms with E-state index in [4.69, 9.17) is 10.00 Å². The Bertz CT molecular complexity index is 741. The molecule has 0 aromatic heterocycles. The minimum atomic E-state index is -0.503. The average molecular weight is 412 g/mol. The molecule has 21 heavy (non-hydrogen) atoms. The molecule has 0 fully saturated rings. The van der Waals surface area contributed by atoms with E-state index in [0.717, 1.165) is 5.56 Å². The van der Waals surface area contributed by atoms with Gasteiger partial charge in [-0.15, -0.1) is 0 Å². The van der Waals surface area contributed by atoms with Crippen molar-refractivity contribution in [1.29, 1.82) is 5.26 Å². The molecule has 0 unspecified atom stereocenters. The first-order valence-electron chi connectivity index (χ1n) is 5.75. The van der Waals surface area contributed by atoms with Gasteiger partial charge in [-0.3, -0.25) is 10.1 Å². The number of benzene rings is 2. The van der Waals surface area contributed by atoms with Gasteiger partial charge in [0.2, 0.25) is 0 Å². The molecule has 5 nitrogen and oxygen atoms in total. The lowest BCUT2D eigenvalue weighted by atomic mass is 10.1. The molecule has 0 radical (unpaired) electrons.